The molecule has 3 aromatic rings. The molecule has 2 heterocycles. The van der Waals surface area contributed by atoms with E-state index in [0.29, 0.717) is 18.5 Å². The molecule has 0 spiro atoms. The number of carbonyl (C=O) groups excluding carboxylic acids is 1. The molecule has 27 heavy (non-hydrogen) atoms. The molecular formula is C21H21N3O3. The first-order valence-electron chi connectivity index (χ1n) is 8.96. The maximum absolute atomic E-state index is 12.9. The first-order valence-corrected chi connectivity index (χ1v) is 8.96. The number of amides is 1. The van der Waals surface area contributed by atoms with E-state index in [4.69, 9.17) is 4.74 Å². The third kappa shape index (κ3) is 3.26. The summed E-state index contributed by atoms with van der Waals surface area (Å²) < 4.78 is 5.19. The molecule has 0 saturated carbocycles. The van der Waals surface area contributed by atoms with Crippen LogP contribution in [0.15, 0.2) is 59.5 Å². The number of nitrogens with zero attached hydrogens (tertiary/aromatic N) is 2. The molecule has 0 bridgehead atoms. The summed E-state index contributed by atoms with van der Waals surface area (Å²) in [6.45, 7) is 2.61. The van der Waals surface area contributed by atoms with E-state index in [0.717, 1.165) is 30.0 Å². The Kier molecular flexibility index (Phi) is 4.54. The number of H-pyrrole nitrogens is 1. The number of hydrogen-bond donors (Lipinski definition) is 1. The molecule has 1 N–H and O–H groups in total. The van der Waals surface area contributed by atoms with Gasteiger partial charge in [-0.3, -0.25) is 9.59 Å². The van der Waals surface area contributed by atoms with Crippen LogP contribution in [0.1, 0.15) is 10.4 Å². The second kappa shape index (κ2) is 7.15. The van der Waals surface area contributed by atoms with E-state index in [1.807, 2.05) is 36.4 Å². The van der Waals surface area contributed by atoms with E-state index in [9.17, 15) is 9.59 Å². The minimum Gasteiger partial charge on any atom is -0.497 e. The molecule has 2 aromatic carbocycles. The van der Waals surface area contributed by atoms with Crippen LogP contribution in [0.4, 0.5) is 5.69 Å². The lowest BCUT2D eigenvalue weighted by Crippen LogP contribution is -2.49. The lowest BCUT2D eigenvalue weighted by atomic mass is 10.1. The van der Waals surface area contributed by atoms with E-state index in [1.165, 1.54) is 6.20 Å². The maximum Gasteiger partial charge on any atom is 0.259 e. The zero-order valence-electron chi connectivity index (χ0n) is 15.1. The van der Waals surface area contributed by atoms with Crippen LogP contribution < -0.4 is 15.1 Å². The lowest BCUT2D eigenvalue weighted by molar-refractivity contribution is 0.0745. The molecule has 6 nitrogen and oxygen atoms in total. The number of para-hydroxylation sites is 1. The number of benzene rings is 2. The Morgan fingerprint density at radius 2 is 1.70 bits per heavy atom. The SMILES string of the molecule is COc1ccc(N2CCN(C(=O)c3c[nH]c4ccccc4c3=O)CC2)cc1. The van der Waals surface area contributed by atoms with E-state index < -0.39 is 0 Å². The summed E-state index contributed by atoms with van der Waals surface area (Å²) in [7, 11) is 1.65. The predicted molar refractivity (Wildman–Crippen MR) is 106 cm³/mol. The van der Waals surface area contributed by atoms with Crippen molar-refractivity contribution in [1.82, 2.24) is 9.88 Å². The zero-order valence-corrected chi connectivity index (χ0v) is 15.1. The molecule has 1 fully saturated rings. The van der Waals surface area contributed by atoms with Crippen LogP contribution in [0.25, 0.3) is 10.9 Å². The molecule has 1 aromatic heterocycles. The average molecular weight is 363 g/mol. The lowest BCUT2D eigenvalue weighted by Gasteiger charge is -2.36. The quantitative estimate of drug-likeness (QED) is 0.777. The highest BCUT2D eigenvalue weighted by atomic mass is 16.5. The molecule has 1 aliphatic heterocycles. The fourth-order valence-corrected chi connectivity index (χ4v) is 3.46. The Morgan fingerprint density at radius 3 is 2.41 bits per heavy atom. The zero-order chi connectivity index (χ0) is 18.8. The number of rotatable bonds is 3. The van der Waals surface area contributed by atoms with Gasteiger partial charge in [0, 0.05) is 49.0 Å². The minimum atomic E-state index is -0.216. The van der Waals surface area contributed by atoms with Gasteiger partial charge in [-0.15, -0.1) is 0 Å². The summed E-state index contributed by atoms with van der Waals surface area (Å²) in [4.78, 5) is 32.6. The van der Waals surface area contributed by atoms with Crippen LogP contribution >= 0.6 is 0 Å². The van der Waals surface area contributed by atoms with Crippen LogP contribution in [-0.4, -0.2) is 49.1 Å². The van der Waals surface area contributed by atoms with Crippen LogP contribution in [0.5, 0.6) is 5.75 Å². The normalized spacial score (nSPS) is 14.4. The number of fused-ring (bicyclic) bond motifs is 1. The molecule has 0 radical (unpaired) electrons. The van der Waals surface area contributed by atoms with Crippen molar-refractivity contribution in [3.8, 4) is 5.75 Å². The van der Waals surface area contributed by atoms with Gasteiger partial charge >= 0.3 is 0 Å². The fraction of sp³-hybridized carbons (Fsp3) is 0.238. The standard InChI is InChI=1S/C21H21N3O3/c1-27-16-8-6-15(7-9-16)23-10-12-24(13-11-23)21(26)18-14-22-19-5-3-2-4-17(19)20(18)25/h2-9,14H,10-13H2,1H3,(H,22,25). The molecule has 0 aliphatic carbocycles. The molecule has 6 heteroatoms. The van der Waals surface area contributed by atoms with Crippen molar-refractivity contribution in [2.24, 2.45) is 0 Å². The van der Waals surface area contributed by atoms with Crippen molar-refractivity contribution in [3.63, 3.8) is 0 Å². The Bertz CT molecular complexity index is 1020. The Balaban J connectivity index is 1.48. The third-order valence-electron chi connectivity index (χ3n) is 5.02. The van der Waals surface area contributed by atoms with Crippen molar-refractivity contribution in [3.05, 3.63) is 70.5 Å². The van der Waals surface area contributed by atoms with Crippen LogP contribution in [0.3, 0.4) is 0 Å². The highest BCUT2D eigenvalue weighted by molar-refractivity contribution is 5.97. The van der Waals surface area contributed by atoms with Gasteiger partial charge in [-0.25, -0.2) is 0 Å². The minimum absolute atomic E-state index is 0.201. The first kappa shape index (κ1) is 17.1. The van der Waals surface area contributed by atoms with Gasteiger partial charge in [-0.1, -0.05) is 12.1 Å². The molecular weight excluding hydrogens is 342 g/mol. The van der Waals surface area contributed by atoms with Gasteiger partial charge in [0.15, 0.2) is 0 Å². The van der Waals surface area contributed by atoms with Gasteiger partial charge in [-0.05, 0) is 36.4 Å². The summed E-state index contributed by atoms with van der Waals surface area (Å²) in [6.07, 6.45) is 1.53. The topological polar surface area (TPSA) is 65.6 Å². The van der Waals surface area contributed by atoms with Gasteiger partial charge in [0.05, 0.1) is 7.11 Å². The number of piperazine rings is 1. The smallest absolute Gasteiger partial charge is 0.259 e. The van der Waals surface area contributed by atoms with Gasteiger partial charge in [0.25, 0.3) is 5.91 Å². The second-order valence-corrected chi connectivity index (χ2v) is 6.55. The Labute approximate surface area is 157 Å². The van der Waals surface area contributed by atoms with Gasteiger partial charge in [0.1, 0.15) is 11.3 Å². The number of ether oxygens (including phenoxy) is 1. The molecule has 0 atom stereocenters. The summed E-state index contributed by atoms with van der Waals surface area (Å²) in [5.41, 5.74) is 1.83. The first-order chi connectivity index (χ1) is 13.2. The van der Waals surface area contributed by atoms with Crippen molar-refractivity contribution in [2.45, 2.75) is 0 Å². The number of nitrogens with one attached hydrogen (secondary N) is 1. The van der Waals surface area contributed by atoms with Crippen LogP contribution in [0.2, 0.25) is 0 Å². The van der Waals surface area contributed by atoms with Gasteiger partial charge in [0.2, 0.25) is 5.43 Å². The summed E-state index contributed by atoms with van der Waals surface area (Å²) in [5.74, 6) is 0.611. The number of aromatic amines is 1. The summed E-state index contributed by atoms with van der Waals surface area (Å²) >= 11 is 0. The molecule has 1 amide bonds. The Hall–Kier alpha value is -3.28. The summed E-state index contributed by atoms with van der Waals surface area (Å²) in [5, 5.41) is 0.542. The third-order valence-corrected chi connectivity index (χ3v) is 5.02. The number of pyridine rings is 1. The Morgan fingerprint density at radius 1 is 1.00 bits per heavy atom. The predicted octanol–water partition coefficient (Wildman–Crippen LogP) is 2.50. The van der Waals surface area contributed by atoms with Crippen LogP contribution in [-0.2, 0) is 0 Å². The van der Waals surface area contributed by atoms with E-state index in [1.54, 1.807) is 24.1 Å². The average Bonchev–Trinajstić information content (AvgIpc) is 2.74. The largest absolute Gasteiger partial charge is 0.497 e. The van der Waals surface area contributed by atoms with E-state index in [-0.39, 0.29) is 16.9 Å². The van der Waals surface area contributed by atoms with Crippen molar-refractivity contribution < 1.29 is 9.53 Å². The number of carbonyl (C=O) groups is 1. The molecule has 4 rings (SSSR count). The number of anilines is 1. The molecule has 1 aliphatic rings. The monoisotopic (exact) mass is 363 g/mol. The maximum atomic E-state index is 12.9. The molecule has 138 valence electrons. The molecule has 1 saturated heterocycles. The second-order valence-electron chi connectivity index (χ2n) is 6.55. The highest BCUT2D eigenvalue weighted by Crippen LogP contribution is 2.21. The fourth-order valence-electron chi connectivity index (χ4n) is 3.46. The number of aromatic nitrogens is 1. The van der Waals surface area contributed by atoms with Crippen molar-refractivity contribution >= 4 is 22.5 Å². The van der Waals surface area contributed by atoms with Crippen molar-refractivity contribution in [1.29, 1.82) is 0 Å². The highest BCUT2D eigenvalue weighted by Gasteiger charge is 2.24. The summed E-state index contributed by atoms with van der Waals surface area (Å²) in [6, 6.07) is 15.1. The molecule has 0 unspecified atom stereocenters. The van der Waals surface area contributed by atoms with E-state index in [2.05, 4.69) is 9.88 Å². The number of methoxy groups -OCH3 is 1. The van der Waals surface area contributed by atoms with E-state index >= 15 is 0 Å². The van der Waals surface area contributed by atoms with Crippen LogP contribution in [0, 0.1) is 0 Å². The van der Waals surface area contributed by atoms with Gasteiger partial charge in [-0.2, -0.15) is 0 Å². The van der Waals surface area contributed by atoms with Crippen molar-refractivity contribution in [2.75, 3.05) is 38.2 Å². The number of hydrogen-bond acceptors (Lipinski definition) is 4. The van der Waals surface area contributed by atoms with Gasteiger partial charge < -0.3 is 19.5 Å².